The SMILES string of the molecule is COC(=O)C(CO)Nc1cccc(C)c1. The second-order valence-corrected chi connectivity index (χ2v) is 3.27. The van der Waals surface area contributed by atoms with Crippen LogP contribution in [0.1, 0.15) is 5.56 Å². The van der Waals surface area contributed by atoms with Crippen LogP contribution in [0.4, 0.5) is 5.69 Å². The Kier molecular flexibility index (Phi) is 4.12. The third-order valence-corrected chi connectivity index (χ3v) is 2.03. The first-order chi connectivity index (χ1) is 7.17. The lowest BCUT2D eigenvalue weighted by Crippen LogP contribution is -2.34. The number of ether oxygens (including phenoxy) is 1. The summed E-state index contributed by atoms with van der Waals surface area (Å²) in [5, 5.41) is 11.9. The number of anilines is 1. The van der Waals surface area contributed by atoms with E-state index >= 15 is 0 Å². The van der Waals surface area contributed by atoms with Gasteiger partial charge < -0.3 is 15.2 Å². The number of hydrogen-bond acceptors (Lipinski definition) is 4. The van der Waals surface area contributed by atoms with Crippen LogP contribution in [0.15, 0.2) is 24.3 Å². The predicted molar refractivity (Wildman–Crippen MR) is 57.7 cm³/mol. The van der Waals surface area contributed by atoms with Crippen LogP contribution < -0.4 is 5.32 Å². The van der Waals surface area contributed by atoms with E-state index in [9.17, 15) is 4.79 Å². The average Bonchev–Trinajstić information content (AvgIpc) is 2.25. The quantitative estimate of drug-likeness (QED) is 0.725. The number of esters is 1. The van der Waals surface area contributed by atoms with Gasteiger partial charge >= 0.3 is 5.97 Å². The molecule has 1 rings (SSSR count). The number of methoxy groups -OCH3 is 1. The van der Waals surface area contributed by atoms with E-state index in [1.54, 1.807) is 0 Å². The molecule has 1 aromatic rings. The summed E-state index contributed by atoms with van der Waals surface area (Å²) in [4.78, 5) is 11.2. The Morgan fingerprint density at radius 2 is 2.33 bits per heavy atom. The summed E-state index contributed by atoms with van der Waals surface area (Å²) in [6.45, 7) is 1.66. The average molecular weight is 209 g/mol. The van der Waals surface area contributed by atoms with Gasteiger partial charge in [-0.05, 0) is 24.6 Å². The minimum Gasteiger partial charge on any atom is -0.467 e. The Balaban J connectivity index is 2.70. The van der Waals surface area contributed by atoms with Crippen LogP contribution in [-0.4, -0.2) is 30.8 Å². The van der Waals surface area contributed by atoms with E-state index in [0.29, 0.717) is 0 Å². The fraction of sp³-hybridized carbons (Fsp3) is 0.364. The Labute approximate surface area is 88.9 Å². The van der Waals surface area contributed by atoms with Crippen LogP contribution in [-0.2, 0) is 9.53 Å². The van der Waals surface area contributed by atoms with Gasteiger partial charge in [-0.2, -0.15) is 0 Å². The maximum atomic E-state index is 11.2. The summed E-state index contributed by atoms with van der Waals surface area (Å²) in [5.74, 6) is -0.473. The van der Waals surface area contributed by atoms with Gasteiger partial charge in [0.05, 0.1) is 13.7 Å². The highest BCUT2D eigenvalue weighted by molar-refractivity contribution is 5.79. The summed E-state index contributed by atoms with van der Waals surface area (Å²) in [6.07, 6.45) is 0. The molecule has 0 saturated carbocycles. The first-order valence-electron chi connectivity index (χ1n) is 4.69. The molecule has 0 radical (unpaired) electrons. The van der Waals surface area contributed by atoms with E-state index < -0.39 is 12.0 Å². The molecule has 1 aromatic carbocycles. The molecule has 0 fully saturated rings. The maximum Gasteiger partial charge on any atom is 0.330 e. The van der Waals surface area contributed by atoms with E-state index in [-0.39, 0.29) is 6.61 Å². The van der Waals surface area contributed by atoms with Crippen molar-refractivity contribution in [3.63, 3.8) is 0 Å². The molecule has 4 heteroatoms. The summed E-state index contributed by atoms with van der Waals surface area (Å²) >= 11 is 0. The van der Waals surface area contributed by atoms with Crippen LogP contribution in [0.5, 0.6) is 0 Å². The second kappa shape index (κ2) is 5.36. The lowest BCUT2D eigenvalue weighted by atomic mass is 10.2. The van der Waals surface area contributed by atoms with Crippen molar-refractivity contribution < 1.29 is 14.6 Å². The van der Waals surface area contributed by atoms with Crippen molar-refractivity contribution in [3.05, 3.63) is 29.8 Å². The van der Waals surface area contributed by atoms with E-state index in [1.165, 1.54) is 7.11 Å². The van der Waals surface area contributed by atoms with Gasteiger partial charge in [-0.15, -0.1) is 0 Å². The summed E-state index contributed by atoms with van der Waals surface area (Å²) < 4.78 is 4.54. The summed E-state index contributed by atoms with van der Waals surface area (Å²) in [6, 6.07) is 6.85. The molecule has 4 nitrogen and oxygen atoms in total. The van der Waals surface area contributed by atoms with Crippen molar-refractivity contribution in [1.82, 2.24) is 0 Å². The number of nitrogens with one attached hydrogen (secondary N) is 1. The number of aliphatic hydroxyl groups excluding tert-OH is 1. The summed E-state index contributed by atoms with van der Waals surface area (Å²) in [5.41, 5.74) is 1.88. The maximum absolute atomic E-state index is 11.2. The highest BCUT2D eigenvalue weighted by Gasteiger charge is 2.17. The molecular formula is C11H15NO3. The zero-order chi connectivity index (χ0) is 11.3. The van der Waals surface area contributed by atoms with E-state index in [4.69, 9.17) is 5.11 Å². The van der Waals surface area contributed by atoms with Crippen LogP contribution in [0.3, 0.4) is 0 Å². The molecule has 0 saturated heterocycles. The molecule has 0 spiro atoms. The third-order valence-electron chi connectivity index (χ3n) is 2.03. The normalized spacial score (nSPS) is 11.9. The van der Waals surface area contributed by atoms with Crippen molar-refractivity contribution >= 4 is 11.7 Å². The number of hydrogen-bond donors (Lipinski definition) is 2. The van der Waals surface area contributed by atoms with Gasteiger partial charge in [0, 0.05) is 5.69 Å². The molecule has 15 heavy (non-hydrogen) atoms. The lowest BCUT2D eigenvalue weighted by molar-refractivity contribution is -0.142. The Bertz CT molecular complexity index is 338. The van der Waals surface area contributed by atoms with E-state index in [1.807, 2.05) is 31.2 Å². The molecule has 0 amide bonds. The van der Waals surface area contributed by atoms with E-state index in [0.717, 1.165) is 11.3 Å². The third kappa shape index (κ3) is 3.25. The second-order valence-electron chi connectivity index (χ2n) is 3.27. The zero-order valence-corrected chi connectivity index (χ0v) is 8.86. The van der Waals surface area contributed by atoms with Crippen molar-refractivity contribution in [3.8, 4) is 0 Å². The number of carbonyl (C=O) groups is 1. The van der Waals surface area contributed by atoms with E-state index in [2.05, 4.69) is 10.1 Å². The topological polar surface area (TPSA) is 58.6 Å². The largest absolute Gasteiger partial charge is 0.467 e. The number of aliphatic hydroxyl groups is 1. The lowest BCUT2D eigenvalue weighted by Gasteiger charge is -2.15. The smallest absolute Gasteiger partial charge is 0.330 e. The molecule has 0 aliphatic heterocycles. The number of rotatable bonds is 4. The molecular weight excluding hydrogens is 194 g/mol. The molecule has 0 aliphatic carbocycles. The molecule has 0 aromatic heterocycles. The van der Waals surface area contributed by atoms with Crippen LogP contribution >= 0.6 is 0 Å². The highest BCUT2D eigenvalue weighted by Crippen LogP contribution is 2.11. The van der Waals surface area contributed by atoms with Crippen LogP contribution in [0, 0.1) is 6.92 Å². The molecule has 0 heterocycles. The van der Waals surface area contributed by atoms with Gasteiger partial charge in [0.1, 0.15) is 6.04 Å². The molecule has 1 unspecified atom stereocenters. The number of benzene rings is 1. The van der Waals surface area contributed by atoms with Gasteiger partial charge in [-0.1, -0.05) is 12.1 Å². The van der Waals surface area contributed by atoms with Crippen LogP contribution in [0.2, 0.25) is 0 Å². The Morgan fingerprint density at radius 3 is 2.87 bits per heavy atom. The van der Waals surface area contributed by atoms with Crippen molar-refractivity contribution in [2.45, 2.75) is 13.0 Å². The minimum atomic E-state index is -0.711. The monoisotopic (exact) mass is 209 g/mol. The zero-order valence-electron chi connectivity index (χ0n) is 8.86. The summed E-state index contributed by atoms with van der Waals surface area (Å²) in [7, 11) is 1.29. The molecule has 82 valence electrons. The Hall–Kier alpha value is -1.55. The molecule has 0 aliphatic rings. The van der Waals surface area contributed by atoms with Crippen molar-refractivity contribution in [1.29, 1.82) is 0 Å². The van der Waals surface area contributed by atoms with Crippen molar-refractivity contribution in [2.75, 3.05) is 19.0 Å². The fourth-order valence-electron chi connectivity index (χ4n) is 1.26. The van der Waals surface area contributed by atoms with Crippen LogP contribution in [0.25, 0.3) is 0 Å². The Morgan fingerprint density at radius 1 is 1.60 bits per heavy atom. The first-order valence-corrected chi connectivity index (χ1v) is 4.69. The molecule has 0 bridgehead atoms. The van der Waals surface area contributed by atoms with Gasteiger partial charge in [0.2, 0.25) is 0 Å². The number of carbonyl (C=O) groups excluding carboxylic acids is 1. The molecule has 1 atom stereocenters. The minimum absolute atomic E-state index is 0.291. The standard InChI is InChI=1S/C11H15NO3/c1-8-4-3-5-9(6-8)12-10(7-13)11(14)15-2/h3-6,10,12-13H,7H2,1-2H3. The van der Waals surface area contributed by atoms with Crippen molar-refractivity contribution in [2.24, 2.45) is 0 Å². The highest BCUT2D eigenvalue weighted by atomic mass is 16.5. The predicted octanol–water partition coefficient (Wildman–Crippen LogP) is 0.941. The van der Waals surface area contributed by atoms with Gasteiger partial charge in [0.15, 0.2) is 0 Å². The van der Waals surface area contributed by atoms with Gasteiger partial charge in [-0.25, -0.2) is 4.79 Å². The van der Waals surface area contributed by atoms with Gasteiger partial charge in [0.25, 0.3) is 0 Å². The first kappa shape index (κ1) is 11.5. The fourth-order valence-corrected chi connectivity index (χ4v) is 1.26. The van der Waals surface area contributed by atoms with Gasteiger partial charge in [-0.3, -0.25) is 0 Å². The molecule has 2 N–H and O–H groups in total. The number of aryl methyl sites for hydroxylation is 1.